The van der Waals surface area contributed by atoms with Crippen LogP contribution in [-0.4, -0.2) is 37.9 Å². The molecule has 5 nitrogen and oxygen atoms in total. The molecule has 26 heavy (non-hydrogen) atoms. The number of sulfonamides is 1. The summed E-state index contributed by atoms with van der Waals surface area (Å²) in [5.74, 6) is 0.178. The summed E-state index contributed by atoms with van der Waals surface area (Å²) in [6.45, 7) is 4.06. The van der Waals surface area contributed by atoms with Gasteiger partial charge in [0.2, 0.25) is 10.0 Å². The number of anilines is 1. The fourth-order valence-electron chi connectivity index (χ4n) is 3.45. The minimum Gasteiger partial charge on any atom is -0.296 e. The molecule has 1 fully saturated rings. The van der Waals surface area contributed by atoms with E-state index in [1.54, 1.807) is 35.6 Å². The molecule has 1 N–H and O–H groups in total. The van der Waals surface area contributed by atoms with E-state index in [2.05, 4.69) is 34.1 Å². The number of carbonyl (C=O) groups is 1. The number of rotatable bonds is 6. The van der Waals surface area contributed by atoms with Crippen molar-refractivity contribution >= 4 is 32.8 Å². The fourth-order valence-corrected chi connectivity index (χ4v) is 4.74. The minimum atomic E-state index is -3.31. The second kappa shape index (κ2) is 7.90. The van der Waals surface area contributed by atoms with Crippen molar-refractivity contribution in [1.29, 1.82) is 0 Å². The second-order valence-electron chi connectivity index (χ2n) is 6.94. The second-order valence-corrected chi connectivity index (χ2v) is 9.72. The molecule has 0 saturated carbocycles. The number of Topliss-reactive ketones (excluding diaryl/α,β-unsaturated/α-hetero) is 1. The average molecular weight is 393 g/mol. The molecular weight excluding hydrogens is 368 g/mol. The van der Waals surface area contributed by atoms with Gasteiger partial charge in [-0.15, -0.1) is 11.3 Å². The number of nitrogens with zero attached hydrogens (tertiary/aromatic N) is 1. The summed E-state index contributed by atoms with van der Waals surface area (Å²) in [5.41, 5.74) is 1.12. The van der Waals surface area contributed by atoms with Gasteiger partial charge in [-0.05, 0) is 62.0 Å². The Morgan fingerprint density at radius 1 is 1.27 bits per heavy atom. The average Bonchev–Trinajstić information content (AvgIpc) is 3.08. The van der Waals surface area contributed by atoms with Crippen molar-refractivity contribution in [1.82, 2.24) is 4.90 Å². The summed E-state index contributed by atoms with van der Waals surface area (Å²) in [6.07, 6.45) is 2.82. The number of benzene rings is 1. The summed E-state index contributed by atoms with van der Waals surface area (Å²) in [7, 11) is -3.31. The van der Waals surface area contributed by atoms with E-state index in [1.807, 2.05) is 0 Å². The maximum Gasteiger partial charge on any atom is 0.229 e. The van der Waals surface area contributed by atoms with Crippen LogP contribution in [0.3, 0.4) is 0 Å². The molecule has 0 bridgehead atoms. The third kappa shape index (κ3) is 4.93. The molecule has 2 unspecified atom stereocenters. The Bertz CT molecular complexity index is 845. The number of thiophene rings is 1. The highest BCUT2D eigenvalue weighted by Gasteiger charge is 2.30. The van der Waals surface area contributed by atoms with Gasteiger partial charge in [0, 0.05) is 34.6 Å². The first-order valence-corrected chi connectivity index (χ1v) is 11.5. The number of carbonyl (C=O) groups excluding carboxylic acids is 1. The lowest BCUT2D eigenvalue weighted by atomic mass is 9.85. The zero-order valence-electron chi connectivity index (χ0n) is 15.0. The van der Waals surface area contributed by atoms with Gasteiger partial charge < -0.3 is 0 Å². The monoisotopic (exact) mass is 392 g/mol. The van der Waals surface area contributed by atoms with Gasteiger partial charge in [-0.1, -0.05) is 6.07 Å². The Balaban J connectivity index is 1.60. The first-order valence-electron chi connectivity index (χ1n) is 8.70. The van der Waals surface area contributed by atoms with Crippen LogP contribution >= 0.6 is 11.3 Å². The Morgan fingerprint density at radius 2 is 2.00 bits per heavy atom. The summed E-state index contributed by atoms with van der Waals surface area (Å²) >= 11 is 1.77. The van der Waals surface area contributed by atoms with Crippen molar-refractivity contribution in [3.05, 3.63) is 52.2 Å². The topological polar surface area (TPSA) is 66.5 Å². The number of ketones is 1. The molecule has 0 spiro atoms. The van der Waals surface area contributed by atoms with Gasteiger partial charge in [0.25, 0.3) is 0 Å². The molecule has 1 aliphatic rings. The minimum absolute atomic E-state index is 0.0262. The fraction of sp³-hybridized carbons (Fsp3) is 0.421. The van der Waals surface area contributed by atoms with Gasteiger partial charge in [0.05, 0.1) is 6.26 Å². The molecular formula is C19H24N2O3S2. The third-order valence-electron chi connectivity index (χ3n) is 4.80. The van der Waals surface area contributed by atoms with E-state index in [0.29, 0.717) is 17.3 Å². The Kier molecular flexibility index (Phi) is 5.79. The maximum absolute atomic E-state index is 12.8. The van der Waals surface area contributed by atoms with Gasteiger partial charge in [0.15, 0.2) is 5.78 Å². The largest absolute Gasteiger partial charge is 0.296 e. The van der Waals surface area contributed by atoms with Crippen molar-refractivity contribution in [3.63, 3.8) is 0 Å². The van der Waals surface area contributed by atoms with Crippen LogP contribution in [0.4, 0.5) is 5.69 Å². The smallest absolute Gasteiger partial charge is 0.229 e. The highest BCUT2D eigenvalue weighted by Crippen LogP contribution is 2.28. The molecule has 2 aromatic rings. The lowest BCUT2D eigenvalue weighted by Crippen LogP contribution is -2.42. The van der Waals surface area contributed by atoms with Gasteiger partial charge in [-0.3, -0.25) is 14.4 Å². The van der Waals surface area contributed by atoms with Gasteiger partial charge in [0.1, 0.15) is 0 Å². The third-order valence-corrected chi connectivity index (χ3v) is 6.26. The Hall–Kier alpha value is -1.70. The molecule has 1 aromatic carbocycles. The predicted molar refractivity (Wildman–Crippen MR) is 106 cm³/mol. The molecule has 2 atom stereocenters. The van der Waals surface area contributed by atoms with Crippen molar-refractivity contribution in [2.45, 2.75) is 32.4 Å². The van der Waals surface area contributed by atoms with E-state index in [0.717, 1.165) is 32.2 Å². The van der Waals surface area contributed by atoms with E-state index in [9.17, 15) is 13.2 Å². The van der Waals surface area contributed by atoms with Crippen LogP contribution in [0, 0.1) is 5.92 Å². The standard InChI is InChI=1S/C19H24N2O3S2/c1-14-12-16(9-10-21(14)13-18-4-3-11-25-18)19(22)15-5-7-17(8-6-15)20-26(2,23)24/h3-8,11,14,16,20H,9-10,12-13H2,1-2H3. The molecule has 0 aliphatic carbocycles. The van der Waals surface area contributed by atoms with Crippen molar-refractivity contribution in [2.75, 3.05) is 17.5 Å². The van der Waals surface area contributed by atoms with Crippen molar-refractivity contribution in [3.8, 4) is 0 Å². The maximum atomic E-state index is 12.8. The predicted octanol–water partition coefficient (Wildman–Crippen LogP) is 3.60. The van der Waals surface area contributed by atoms with Gasteiger partial charge in [-0.25, -0.2) is 8.42 Å². The molecule has 3 rings (SSSR count). The molecule has 1 aliphatic heterocycles. The zero-order valence-corrected chi connectivity index (χ0v) is 16.6. The molecule has 1 saturated heterocycles. The molecule has 2 heterocycles. The molecule has 7 heteroatoms. The van der Waals surface area contributed by atoms with Crippen LogP contribution in [-0.2, 0) is 16.6 Å². The number of piperidine rings is 1. The number of hydrogen-bond donors (Lipinski definition) is 1. The van der Waals surface area contributed by atoms with E-state index < -0.39 is 10.0 Å². The van der Waals surface area contributed by atoms with Gasteiger partial charge in [-0.2, -0.15) is 0 Å². The van der Waals surface area contributed by atoms with Crippen molar-refractivity contribution in [2.24, 2.45) is 5.92 Å². The summed E-state index contributed by atoms with van der Waals surface area (Å²) in [5, 5.41) is 2.10. The summed E-state index contributed by atoms with van der Waals surface area (Å²) in [6, 6.07) is 11.3. The van der Waals surface area contributed by atoms with Crippen LogP contribution in [0.1, 0.15) is 35.0 Å². The summed E-state index contributed by atoms with van der Waals surface area (Å²) in [4.78, 5) is 16.6. The van der Waals surface area contributed by atoms with Crippen LogP contribution in [0.15, 0.2) is 41.8 Å². The lowest BCUT2D eigenvalue weighted by molar-refractivity contribution is 0.0741. The highest BCUT2D eigenvalue weighted by atomic mass is 32.2. The quantitative estimate of drug-likeness (QED) is 0.763. The number of nitrogens with one attached hydrogen (secondary N) is 1. The first kappa shape index (κ1) is 19.1. The lowest BCUT2D eigenvalue weighted by Gasteiger charge is -2.37. The van der Waals surface area contributed by atoms with Gasteiger partial charge >= 0.3 is 0 Å². The molecule has 0 amide bonds. The Labute approximate surface area is 159 Å². The van der Waals surface area contributed by atoms with Crippen molar-refractivity contribution < 1.29 is 13.2 Å². The SMILES string of the molecule is CC1CC(C(=O)c2ccc(NS(C)(=O)=O)cc2)CCN1Cc1cccs1. The van der Waals surface area contributed by atoms with E-state index in [1.165, 1.54) is 4.88 Å². The molecule has 1 aromatic heterocycles. The number of likely N-dealkylation sites (tertiary alicyclic amines) is 1. The van der Waals surface area contributed by atoms with Crippen LogP contribution < -0.4 is 4.72 Å². The van der Waals surface area contributed by atoms with Crippen LogP contribution in [0.2, 0.25) is 0 Å². The van der Waals surface area contributed by atoms with E-state index in [4.69, 9.17) is 0 Å². The van der Waals surface area contributed by atoms with E-state index in [-0.39, 0.29) is 11.7 Å². The first-order chi connectivity index (χ1) is 12.3. The molecule has 140 valence electrons. The summed E-state index contributed by atoms with van der Waals surface area (Å²) < 4.78 is 24.9. The van der Waals surface area contributed by atoms with E-state index >= 15 is 0 Å². The highest BCUT2D eigenvalue weighted by molar-refractivity contribution is 7.92. The molecule has 0 radical (unpaired) electrons. The van der Waals surface area contributed by atoms with Crippen LogP contribution in [0.5, 0.6) is 0 Å². The number of hydrogen-bond acceptors (Lipinski definition) is 5. The Morgan fingerprint density at radius 3 is 2.58 bits per heavy atom. The van der Waals surface area contributed by atoms with Crippen LogP contribution in [0.25, 0.3) is 0 Å². The normalized spacial score (nSPS) is 21.5. The zero-order chi connectivity index (χ0) is 18.7.